The molecule has 0 aliphatic heterocycles. The van der Waals surface area contributed by atoms with Gasteiger partial charge in [0.2, 0.25) is 6.29 Å². The highest BCUT2D eigenvalue weighted by molar-refractivity contribution is 5.76. The molecule has 0 aliphatic rings. The van der Waals surface area contributed by atoms with Gasteiger partial charge in [-0.3, -0.25) is 4.79 Å². The number of hydrogen-bond acceptors (Lipinski definition) is 4. The molecule has 1 aromatic carbocycles. The molecule has 1 N–H and O–H groups in total. The summed E-state index contributed by atoms with van der Waals surface area (Å²) in [6, 6.07) is 7.77. The van der Waals surface area contributed by atoms with E-state index >= 15 is 0 Å². The fraction of sp³-hybridized carbons (Fsp3) is 0.800. The van der Waals surface area contributed by atoms with Gasteiger partial charge in [-0.15, -0.1) is 0 Å². The summed E-state index contributed by atoms with van der Waals surface area (Å²) in [4.78, 5) is 13.6. The van der Waals surface area contributed by atoms with Crippen molar-refractivity contribution in [1.82, 2.24) is 0 Å². The summed E-state index contributed by atoms with van der Waals surface area (Å²) in [5, 5.41) is 9.87. The van der Waals surface area contributed by atoms with Crippen LogP contribution in [0.25, 0.3) is 0 Å². The molecule has 0 spiro atoms. The van der Waals surface area contributed by atoms with Crippen molar-refractivity contribution in [2.75, 3.05) is 0 Å². The lowest BCUT2D eigenvalue weighted by atomic mass is 9.63. The van der Waals surface area contributed by atoms with E-state index in [4.69, 9.17) is 9.47 Å². The fourth-order valence-corrected chi connectivity index (χ4v) is 5.67. The number of carbonyl (C=O) groups is 1. The molecular weight excluding hydrogens is 484 g/mol. The average molecular weight is 547 g/mol. The Morgan fingerprint density at radius 1 is 0.821 bits per heavy atom. The minimum atomic E-state index is -0.577. The van der Waals surface area contributed by atoms with Crippen LogP contribution in [0, 0.1) is 27.1 Å². The largest absolute Gasteiger partial charge is 0.508 e. The summed E-state index contributed by atoms with van der Waals surface area (Å²) in [6.07, 6.45) is 4.73. The molecular formula is C35H62O4. The minimum absolute atomic E-state index is 0.00556. The Bertz CT molecular complexity index is 883. The van der Waals surface area contributed by atoms with Gasteiger partial charge in [-0.2, -0.15) is 0 Å². The van der Waals surface area contributed by atoms with Gasteiger partial charge >= 0.3 is 5.97 Å². The monoisotopic (exact) mass is 546 g/mol. The van der Waals surface area contributed by atoms with Crippen molar-refractivity contribution in [3.05, 3.63) is 29.8 Å². The first-order valence-corrected chi connectivity index (χ1v) is 15.1. The number of carbonyl (C=O) groups excluding carboxylic acids is 1. The molecule has 0 aromatic heterocycles. The molecule has 1 aromatic rings. The van der Waals surface area contributed by atoms with E-state index in [1.54, 1.807) is 12.1 Å². The maximum absolute atomic E-state index is 13.6. The Hall–Kier alpha value is -1.55. The quantitative estimate of drug-likeness (QED) is 0.186. The van der Waals surface area contributed by atoms with Crippen LogP contribution < -0.4 is 0 Å². The van der Waals surface area contributed by atoms with E-state index in [9.17, 15) is 9.90 Å². The molecule has 39 heavy (non-hydrogen) atoms. The number of esters is 1. The lowest BCUT2D eigenvalue weighted by molar-refractivity contribution is -0.204. The molecule has 3 unspecified atom stereocenters. The Balaban J connectivity index is 3.07. The van der Waals surface area contributed by atoms with Crippen LogP contribution in [0.4, 0.5) is 0 Å². The first-order valence-electron chi connectivity index (χ1n) is 15.1. The number of aromatic hydroxyl groups is 1. The Kier molecular flexibility index (Phi) is 12.2. The third kappa shape index (κ3) is 12.7. The van der Waals surface area contributed by atoms with Crippen molar-refractivity contribution in [1.29, 1.82) is 0 Å². The van der Waals surface area contributed by atoms with E-state index < -0.39 is 11.7 Å². The molecule has 0 heterocycles. The molecule has 0 saturated carbocycles. The lowest BCUT2D eigenvalue weighted by Gasteiger charge is -2.42. The maximum atomic E-state index is 13.6. The van der Waals surface area contributed by atoms with Crippen molar-refractivity contribution < 1.29 is 19.4 Å². The molecule has 1 rings (SSSR count). The topological polar surface area (TPSA) is 55.8 Å². The van der Waals surface area contributed by atoms with E-state index in [1.165, 1.54) is 5.56 Å². The van der Waals surface area contributed by atoms with Crippen molar-refractivity contribution in [2.45, 2.75) is 154 Å². The summed E-state index contributed by atoms with van der Waals surface area (Å²) >= 11 is 0. The van der Waals surface area contributed by atoms with Gasteiger partial charge in [0, 0.05) is 6.42 Å². The number of rotatable bonds is 14. The molecule has 0 fully saturated rings. The van der Waals surface area contributed by atoms with E-state index in [0.717, 1.165) is 32.1 Å². The van der Waals surface area contributed by atoms with Crippen LogP contribution in [0.2, 0.25) is 0 Å². The van der Waals surface area contributed by atoms with E-state index in [-0.39, 0.29) is 33.7 Å². The average Bonchev–Trinajstić information content (AvgIpc) is 2.74. The predicted molar refractivity (Wildman–Crippen MR) is 165 cm³/mol. The first-order chi connectivity index (χ1) is 17.5. The zero-order chi connectivity index (χ0) is 30.4. The molecule has 0 amide bonds. The first kappa shape index (κ1) is 35.5. The van der Waals surface area contributed by atoms with Crippen LogP contribution >= 0.6 is 0 Å². The molecule has 0 bridgehead atoms. The number of hydrogen-bond donors (Lipinski definition) is 1. The van der Waals surface area contributed by atoms with E-state index in [0.29, 0.717) is 18.1 Å². The van der Waals surface area contributed by atoms with E-state index in [1.807, 2.05) is 13.8 Å². The third-order valence-corrected chi connectivity index (χ3v) is 8.08. The highest BCUT2D eigenvalue weighted by Gasteiger charge is 2.42. The second kappa shape index (κ2) is 13.4. The van der Waals surface area contributed by atoms with Crippen LogP contribution in [-0.2, 0) is 14.3 Å². The molecule has 0 aliphatic carbocycles. The zero-order valence-corrected chi connectivity index (χ0v) is 28.0. The van der Waals surface area contributed by atoms with Crippen LogP contribution in [0.5, 0.6) is 5.75 Å². The highest BCUT2D eigenvalue weighted by Crippen LogP contribution is 2.49. The second-order valence-corrected chi connectivity index (χ2v) is 16.4. The molecule has 0 radical (unpaired) electrons. The number of phenolic OH excluding ortho intramolecular Hbond substituents is 1. The smallest absolute Gasteiger partial charge is 0.314 e. The second-order valence-electron chi connectivity index (χ2n) is 16.4. The summed E-state index contributed by atoms with van der Waals surface area (Å²) in [6.45, 7) is 30.8. The molecule has 3 atom stereocenters. The van der Waals surface area contributed by atoms with Gasteiger partial charge in [0.05, 0.1) is 11.5 Å². The van der Waals surface area contributed by atoms with Crippen molar-refractivity contribution in [3.8, 4) is 5.75 Å². The van der Waals surface area contributed by atoms with Crippen molar-refractivity contribution in [2.24, 2.45) is 27.1 Å². The third-order valence-electron chi connectivity index (χ3n) is 8.08. The van der Waals surface area contributed by atoms with Gasteiger partial charge in [0.15, 0.2) is 0 Å². The summed E-state index contributed by atoms with van der Waals surface area (Å²) in [7, 11) is 0. The van der Waals surface area contributed by atoms with Gasteiger partial charge in [0.1, 0.15) is 5.75 Å². The van der Waals surface area contributed by atoms with Gasteiger partial charge < -0.3 is 14.6 Å². The number of benzene rings is 1. The molecule has 0 saturated heterocycles. The summed E-state index contributed by atoms with van der Waals surface area (Å²) in [5.74, 6) is 0.520. The van der Waals surface area contributed by atoms with Crippen LogP contribution in [-0.4, -0.2) is 23.5 Å². The van der Waals surface area contributed by atoms with Crippen molar-refractivity contribution >= 4 is 5.97 Å². The highest BCUT2D eigenvalue weighted by atomic mass is 16.7. The Morgan fingerprint density at radius 2 is 1.33 bits per heavy atom. The zero-order valence-electron chi connectivity index (χ0n) is 28.0. The minimum Gasteiger partial charge on any atom is -0.508 e. The van der Waals surface area contributed by atoms with Crippen molar-refractivity contribution in [3.63, 3.8) is 0 Å². The Labute approximate surface area is 241 Å². The SMILES string of the molecule is CCC(C)(CC(C)(C)CCC(C)(C)C(CC(C)(C)C)c1ccc(O)cc1)C(=O)OC(CC(C)(C)C)OC(C)C. The normalized spacial score (nSPS) is 16.6. The van der Waals surface area contributed by atoms with Gasteiger partial charge in [-0.05, 0) is 98.1 Å². The molecule has 4 nitrogen and oxygen atoms in total. The van der Waals surface area contributed by atoms with E-state index in [2.05, 4.69) is 95.2 Å². The van der Waals surface area contributed by atoms with Crippen LogP contribution in [0.15, 0.2) is 24.3 Å². The predicted octanol–water partition coefficient (Wildman–Crippen LogP) is 10.3. The lowest BCUT2D eigenvalue weighted by Crippen LogP contribution is -2.39. The molecule has 226 valence electrons. The summed E-state index contributed by atoms with van der Waals surface area (Å²) < 4.78 is 12.1. The van der Waals surface area contributed by atoms with Gasteiger partial charge in [0.25, 0.3) is 0 Å². The molecule has 4 heteroatoms. The standard InChI is InChI=1S/C35H62O4/c1-15-35(14,30(37)39-29(38-25(2)3)23-32(7,8)9)24-33(10,11)20-21-34(12,13)28(22-31(4,5)6)26-16-18-27(36)19-17-26/h16-19,25,28-29,36H,15,20-24H2,1-14H3. The number of phenols is 1. The van der Waals surface area contributed by atoms with Crippen LogP contribution in [0.1, 0.15) is 147 Å². The summed E-state index contributed by atoms with van der Waals surface area (Å²) in [5.41, 5.74) is 0.887. The maximum Gasteiger partial charge on any atom is 0.314 e. The van der Waals surface area contributed by atoms with Gasteiger partial charge in [-0.1, -0.05) is 88.3 Å². The number of ether oxygens (including phenoxy) is 2. The fourth-order valence-electron chi connectivity index (χ4n) is 5.67. The van der Waals surface area contributed by atoms with Gasteiger partial charge in [-0.25, -0.2) is 0 Å². The van der Waals surface area contributed by atoms with Crippen LogP contribution in [0.3, 0.4) is 0 Å². The Morgan fingerprint density at radius 3 is 1.77 bits per heavy atom.